The number of hydrogen-bond donors (Lipinski definition) is 0. The summed E-state index contributed by atoms with van der Waals surface area (Å²) in [6.45, 7) is 4.69. The lowest BCUT2D eigenvalue weighted by Crippen LogP contribution is -2.49. The average molecular weight is 349 g/mol. The second-order valence-electron chi connectivity index (χ2n) is 6.10. The topological polar surface area (TPSA) is 80.0 Å². The van der Waals surface area contributed by atoms with Gasteiger partial charge in [0.1, 0.15) is 23.8 Å². The van der Waals surface area contributed by atoms with Crippen LogP contribution in [0.25, 0.3) is 5.82 Å². The molecule has 26 heavy (non-hydrogen) atoms. The van der Waals surface area contributed by atoms with Crippen LogP contribution in [0.15, 0.2) is 49.3 Å². The van der Waals surface area contributed by atoms with Crippen LogP contribution in [0, 0.1) is 6.92 Å². The molecule has 0 saturated carbocycles. The number of rotatable bonds is 3. The van der Waals surface area contributed by atoms with Crippen LogP contribution in [0.4, 0.5) is 5.82 Å². The van der Waals surface area contributed by atoms with Crippen molar-refractivity contribution in [2.24, 2.45) is 0 Å². The summed E-state index contributed by atoms with van der Waals surface area (Å²) in [5, 5.41) is 0. The van der Waals surface area contributed by atoms with Crippen molar-refractivity contribution in [1.82, 2.24) is 29.4 Å². The van der Waals surface area contributed by atoms with E-state index in [2.05, 4.69) is 24.8 Å². The van der Waals surface area contributed by atoms with Crippen molar-refractivity contribution in [3.63, 3.8) is 0 Å². The molecule has 0 aromatic carbocycles. The molecule has 3 aromatic heterocycles. The van der Waals surface area contributed by atoms with Crippen molar-refractivity contribution >= 4 is 11.7 Å². The molecule has 0 radical (unpaired) electrons. The molecule has 0 spiro atoms. The normalized spacial score (nSPS) is 14.5. The molecule has 8 heteroatoms. The van der Waals surface area contributed by atoms with Crippen molar-refractivity contribution in [3.05, 3.63) is 60.7 Å². The largest absolute Gasteiger partial charge is 0.353 e. The van der Waals surface area contributed by atoms with Gasteiger partial charge in [-0.25, -0.2) is 15.0 Å². The van der Waals surface area contributed by atoms with Crippen molar-refractivity contribution in [2.75, 3.05) is 31.1 Å². The van der Waals surface area contributed by atoms with Gasteiger partial charge in [0.25, 0.3) is 5.91 Å². The highest BCUT2D eigenvalue weighted by Gasteiger charge is 2.23. The minimum Gasteiger partial charge on any atom is -0.353 e. The van der Waals surface area contributed by atoms with Crippen LogP contribution in [0.5, 0.6) is 0 Å². The molecule has 0 bridgehead atoms. The number of amides is 1. The van der Waals surface area contributed by atoms with Crippen molar-refractivity contribution in [3.8, 4) is 5.82 Å². The maximum absolute atomic E-state index is 12.5. The Bertz CT molecular complexity index is 901. The molecule has 0 atom stereocenters. The van der Waals surface area contributed by atoms with E-state index in [1.54, 1.807) is 37.1 Å². The zero-order chi connectivity index (χ0) is 17.9. The Morgan fingerprint density at radius 2 is 1.85 bits per heavy atom. The molecule has 4 heterocycles. The summed E-state index contributed by atoms with van der Waals surface area (Å²) >= 11 is 0. The highest BCUT2D eigenvalue weighted by atomic mass is 16.2. The fourth-order valence-corrected chi connectivity index (χ4v) is 3.07. The van der Waals surface area contributed by atoms with Gasteiger partial charge in [0.15, 0.2) is 0 Å². The second kappa shape index (κ2) is 6.91. The third-order valence-electron chi connectivity index (χ3n) is 4.51. The van der Waals surface area contributed by atoms with Crippen LogP contribution in [-0.4, -0.2) is 61.5 Å². The Morgan fingerprint density at radius 3 is 2.54 bits per heavy atom. The lowest BCUT2D eigenvalue weighted by molar-refractivity contribution is 0.0746. The SMILES string of the molecule is Cc1nccn1-c1cc(N2CCN(C(=O)c3cccnc3)CC2)ncn1. The third-order valence-corrected chi connectivity index (χ3v) is 4.51. The highest BCUT2D eigenvalue weighted by molar-refractivity contribution is 5.94. The minimum absolute atomic E-state index is 0.0233. The quantitative estimate of drug-likeness (QED) is 0.710. The van der Waals surface area contributed by atoms with E-state index in [1.165, 1.54) is 0 Å². The van der Waals surface area contributed by atoms with E-state index in [0.717, 1.165) is 30.5 Å². The summed E-state index contributed by atoms with van der Waals surface area (Å²) in [4.78, 5) is 33.5. The van der Waals surface area contributed by atoms with Gasteiger partial charge in [-0.1, -0.05) is 0 Å². The first-order valence-corrected chi connectivity index (χ1v) is 8.49. The van der Waals surface area contributed by atoms with Gasteiger partial charge in [-0.15, -0.1) is 0 Å². The van der Waals surface area contributed by atoms with Gasteiger partial charge >= 0.3 is 0 Å². The lowest BCUT2D eigenvalue weighted by Gasteiger charge is -2.35. The Kier molecular flexibility index (Phi) is 4.30. The number of pyridine rings is 1. The van der Waals surface area contributed by atoms with Crippen molar-refractivity contribution in [2.45, 2.75) is 6.92 Å². The molecule has 132 valence electrons. The smallest absolute Gasteiger partial charge is 0.255 e. The summed E-state index contributed by atoms with van der Waals surface area (Å²) in [7, 11) is 0. The summed E-state index contributed by atoms with van der Waals surface area (Å²) in [6.07, 6.45) is 8.48. The molecule has 1 amide bonds. The van der Waals surface area contributed by atoms with Crippen LogP contribution in [0.3, 0.4) is 0 Å². The van der Waals surface area contributed by atoms with Gasteiger partial charge in [0.2, 0.25) is 0 Å². The van der Waals surface area contributed by atoms with Crippen LogP contribution in [-0.2, 0) is 0 Å². The standard InChI is InChI=1S/C18H19N7O/c1-14-20-5-6-25(14)17-11-16(21-13-22-17)23-7-9-24(10-8-23)18(26)15-3-2-4-19-12-15/h2-6,11-13H,7-10H2,1H3. The predicted octanol–water partition coefficient (Wildman–Crippen LogP) is 1.33. The maximum atomic E-state index is 12.5. The van der Waals surface area contributed by atoms with E-state index in [-0.39, 0.29) is 5.91 Å². The fourth-order valence-electron chi connectivity index (χ4n) is 3.07. The molecule has 4 rings (SSSR count). The monoisotopic (exact) mass is 349 g/mol. The van der Waals surface area contributed by atoms with Crippen LogP contribution >= 0.6 is 0 Å². The Balaban J connectivity index is 1.45. The Morgan fingerprint density at radius 1 is 1.04 bits per heavy atom. The maximum Gasteiger partial charge on any atom is 0.255 e. The first-order valence-electron chi connectivity index (χ1n) is 8.49. The third kappa shape index (κ3) is 3.13. The number of aromatic nitrogens is 5. The Labute approximate surface area is 151 Å². The predicted molar refractivity (Wildman–Crippen MR) is 96.2 cm³/mol. The molecule has 1 fully saturated rings. The van der Waals surface area contributed by atoms with Gasteiger partial charge < -0.3 is 9.80 Å². The Hall–Kier alpha value is -3.29. The van der Waals surface area contributed by atoms with Gasteiger partial charge in [0.05, 0.1) is 5.56 Å². The van der Waals surface area contributed by atoms with Crippen LogP contribution < -0.4 is 4.90 Å². The highest BCUT2D eigenvalue weighted by Crippen LogP contribution is 2.17. The van der Waals surface area contributed by atoms with Gasteiger partial charge in [-0.2, -0.15) is 0 Å². The molecule has 3 aromatic rings. The van der Waals surface area contributed by atoms with Gasteiger partial charge in [-0.05, 0) is 19.1 Å². The molecule has 1 aliphatic rings. The van der Waals surface area contributed by atoms with Crippen LogP contribution in [0.2, 0.25) is 0 Å². The number of aryl methyl sites for hydroxylation is 1. The first kappa shape index (κ1) is 16.2. The van der Waals surface area contributed by atoms with E-state index in [1.807, 2.05) is 28.7 Å². The number of carbonyl (C=O) groups is 1. The van der Waals surface area contributed by atoms with E-state index in [0.29, 0.717) is 18.7 Å². The number of piperazine rings is 1. The van der Waals surface area contributed by atoms with E-state index in [9.17, 15) is 4.79 Å². The first-order chi connectivity index (χ1) is 12.7. The molecule has 0 unspecified atom stereocenters. The minimum atomic E-state index is 0.0233. The molecular formula is C18H19N7O. The van der Waals surface area contributed by atoms with Crippen molar-refractivity contribution < 1.29 is 4.79 Å². The fraction of sp³-hybridized carbons (Fsp3) is 0.278. The van der Waals surface area contributed by atoms with Gasteiger partial charge in [0, 0.05) is 57.0 Å². The molecule has 1 saturated heterocycles. The second-order valence-corrected chi connectivity index (χ2v) is 6.10. The summed E-state index contributed by atoms with van der Waals surface area (Å²) in [5.41, 5.74) is 0.626. The molecule has 0 aliphatic carbocycles. The number of hydrogen-bond acceptors (Lipinski definition) is 6. The molecule has 8 nitrogen and oxygen atoms in total. The summed E-state index contributed by atoms with van der Waals surface area (Å²) in [5.74, 6) is 2.55. The zero-order valence-electron chi connectivity index (χ0n) is 14.5. The van der Waals surface area contributed by atoms with Gasteiger partial charge in [-0.3, -0.25) is 14.3 Å². The molecular weight excluding hydrogens is 330 g/mol. The van der Waals surface area contributed by atoms with E-state index in [4.69, 9.17) is 0 Å². The molecule has 1 aliphatic heterocycles. The molecule has 0 N–H and O–H groups in total. The number of anilines is 1. The summed E-state index contributed by atoms with van der Waals surface area (Å²) < 4.78 is 1.92. The average Bonchev–Trinajstić information content (AvgIpc) is 3.14. The lowest BCUT2D eigenvalue weighted by atomic mass is 10.2. The summed E-state index contributed by atoms with van der Waals surface area (Å²) in [6, 6.07) is 5.53. The van der Waals surface area contributed by atoms with Crippen molar-refractivity contribution in [1.29, 1.82) is 0 Å². The van der Waals surface area contributed by atoms with Crippen LogP contribution in [0.1, 0.15) is 16.2 Å². The number of nitrogens with zero attached hydrogens (tertiary/aromatic N) is 7. The zero-order valence-corrected chi connectivity index (χ0v) is 14.5. The van der Waals surface area contributed by atoms with E-state index < -0.39 is 0 Å². The number of carbonyl (C=O) groups excluding carboxylic acids is 1. The number of imidazole rings is 1. The van der Waals surface area contributed by atoms with E-state index >= 15 is 0 Å².